The van der Waals surface area contributed by atoms with Gasteiger partial charge in [-0.1, -0.05) is 24.3 Å². The van der Waals surface area contributed by atoms with Gasteiger partial charge in [0, 0.05) is 177 Å². The van der Waals surface area contributed by atoms with Crippen LogP contribution < -0.4 is 19.6 Å². The number of aromatic nitrogens is 16. The molecule has 0 N–H and O–H groups in total. The summed E-state index contributed by atoms with van der Waals surface area (Å²) in [6.45, 7) is 0. The van der Waals surface area contributed by atoms with Crippen LogP contribution in [0.15, 0.2) is 281 Å². The van der Waals surface area contributed by atoms with Crippen molar-refractivity contribution in [2.45, 2.75) is 0 Å². The summed E-state index contributed by atoms with van der Waals surface area (Å²) in [5, 5.41) is 5.60. The molecule has 0 spiro atoms. The maximum Gasteiger partial charge on any atom is 0.0907 e. The van der Waals surface area contributed by atoms with Gasteiger partial charge < -0.3 is 19.6 Å². The van der Waals surface area contributed by atoms with Crippen LogP contribution in [0.1, 0.15) is 0 Å². The van der Waals surface area contributed by atoms with Gasteiger partial charge in [-0.25, -0.2) is 0 Å². The molecule has 0 saturated heterocycles. The zero-order chi connectivity index (χ0) is 65.8. The lowest BCUT2D eigenvalue weighted by Gasteiger charge is -2.34. The summed E-state index contributed by atoms with van der Waals surface area (Å²) in [6.07, 6.45) is 27.6. The highest BCUT2D eigenvalue weighted by Crippen LogP contribution is 2.56. The van der Waals surface area contributed by atoms with Gasteiger partial charge in [-0.15, -0.1) is 0 Å². The summed E-state index contributed by atoms with van der Waals surface area (Å²) in [7, 11) is 0. The van der Waals surface area contributed by atoms with Gasteiger partial charge in [-0.2, -0.15) is 0 Å². The van der Waals surface area contributed by atoms with E-state index in [2.05, 4.69) is 153 Å². The number of benzene rings is 12. The first-order chi connectivity index (χ1) is 49.5. The van der Waals surface area contributed by atoms with Crippen LogP contribution in [0.3, 0.4) is 0 Å². The van der Waals surface area contributed by atoms with Gasteiger partial charge >= 0.3 is 0 Å². The third-order valence-electron chi connectivity index (χ3n) is 18.5. The monoisotopic (exact) mass is 1290 g/mol. The molecule has 0 aliphatic carbocycles. The quantitative estimate of drug-likeness (QED) is 0.104. The molecule has 8 heterocycles. The van der Waals surface area contributed by atoms with E-state index in [0.717, 1.165) is 145 Å². The summed E-state index contributed by atoms with van der Waals surface area (Å²) in [6, 6.07) is 63.4. The Morgan fingerprint density at radius 2 is 0.280 bits per heavy atom. The second-order valence-electron chi connectivity index (χ2n) is 24.1. The maximum absolute atomic E-state index is 4.90. The van der Waals surface area contributed by atoms with Crippen LogP contribution in [0.25, 0.3) is 121 Å². The van der Waals surface area contributed by atoms with Crippen LogP contribution in [0.4, 0.5) is 68.2 Å². The van der Waals surface area contributed by atoms with E-state index in [1.165, 1.54) is 0 Å². The average Bonchev–Trinajstić information content (AvgIpc) is 0.698. The number of anilines is 12. The fourth-order valence-electron chi connectivity index (χ4n) is 14.1. The summed E-state index contributed by atoms with van der Waals surface area (Å²) in [5.41, 5.74) is 21.6. The topological polar surface area (TPSA) is 219 Å². The molecule has 0 saturated carbocycles. The smallest absolute Gasteiger partial charge is 0.0907 e. The molecule has 0 amide bonds. The Labute approximate surface area is 566 Å². The Kier molecular flexibility index (Phi) is 12.7. The van der Waals surface area contributed by atoms with E-state index in [-0.39, 0.29) is 0 Å². The van der Waals surface area contributed by atoms with Gasteiger partial charge in [-0.05, 0) is 158 Å². The maximum atomic E-state index is 4.90. The van der Waals surface area contributed by atoms with Gasteiger partial charge in [0.15, 0.2) is 0 Å². The molecule has 0 radical (unpaired) electrons. The van der Waals surface area contributed by atoms with Gasteiger partial charge in [0.25, 0.3) is 0 Å². The zero-order valence-corrected chi connectivity index (χ0v) is 52.5. The molecule has 20 nitrogen and oxygen atoms in total. The minimum absolute atomic E-state index is 0.716. The summed E-state index contributed by atoms with van der Waals surface area (Å²) >= 11 is 0. The van der Waals surface area contributed by atoms with Crippen LogP contribution in [0.5, 0.6) is 0 Å². The van der Waals surface area contributed by atoms with Crippen LogP contribution in [0, 0.1) is 0 Å². The molecule has 0 aliphatic heterocycles. The van der Waals surface area contributed by atoms with Crippen LogP contribution >= 0.6 is 0 Å². The molecule has 12 aromatic carbocycles. The third kappa shape index (κ3) is 9.30. The molecule has 8 aromatic heterocycles. The van der Waals surface area contributed by atoms with Crippen molar-refractivity contribution >= 4 is 189 Å². The molecule has 20 heteroatoms. The van der Waals surface area contributed by atoms with E-state index in [4.69, 9.17) is 79.7 Å². The molecular weight excluding hydrogens is 1240 g/mol. The standard InChI is InChI=1S/C80H46N20/c1-13-59-67(89-29-21-81-59)37-47(1)97(48-2-14-60-68(38-48)90-30-22-82-60)75-45-76(98(49-3-15-61-69(39-49)91-31-23-83-61)50-4-16-62-70(40-50)92-32-24-84-62)56-11-12-58-78(100(53-7-19-65-73(43-53)95-35-27-87-65)54-8-20-66-74(44-54)96-36-28-88-66)46-77(57-10-9-55(75)79(56)80(57)58)99(51-5-17-63-71(41-51)93-33-25-85-63)52-6-18-64-72(42-52)94-34-26-86-64/h1-46H. The lowest BCUT2D eigenvalue weighted by Crippen LogP contribution is -2.16. The lowest BCUT2D eigenvalue weighted by molar-refractivity contribution is 1.24. The summed E-state index contributed by atoms with van der Waals surface area (Å²) in [4.78, 5) is 86.5. The van der Waals surface area contributed by atoms with Crippen LogP contribution in [-0.2, 0) is 0 Å². The molecule has 100 heavy (non-hydrogen) atoms. The van der Waals surface area contributed by atoms with Gasteiger partial charge in [0.1, 0.15) is 0 Å². The zero-order valence-electron chi connectivity index (χ0n) is 52.5. The first-order valence-corrected chi connectivity index (χ1v) is 32.2. The number of fused-ring (bicyclic) bond motifs is 8. The first kappa shape index (κ1) is 56.0. The van der Waals surface area contributed by atoms with Crippen molar-refractivity contribution in [3.05, 3.63) is 281 Å². The van der Waals surface area contributed by atoms with E-state index in [1.807, 2.05) is 48.5 Å². The Morgan fingerprint density at radius 3 is 0.430 bits per heavy atom. The van der Waals surface area contributed by atoms with Crippen molar-refractivity contribution < 1.29 is 0 Å². The normalized spacial score (nSPS) is 11.8. The Balaban J connectivity index is 0.978. The van der Waals surface area contributed by atoms with E-state index < -0.39 is 0 Å². The second kappa shape index (κ2) is 22.6. The predicted octanol–water partition coefficient (Wildman–Crippen LogP) is 18.0. The SMILES string of the molecule is c1cnc2cc(N(c3ccc4nccnc4c3)c3cc(N(c4ccc5nccnc5c4)c4ccc5nccnc5c4)c4ccc5c(N(c6ccc7nccnc7c6)c6ccc7nccnc7c6)cc(N(c6ccc7nccnc7c6)c6ccc7nccnc7c6)c6ccc3c4c65)ccc2n1. The fourth-order valence-corrected chi connectivity index (χ4v) is 14.1. The van der Waals surface area contributed by atoms with Gasteiger partial charge in [0.2, 0.25) is 0 Å². The van der Waals surface area contributed by atoms with Crippen molar-refractivity contribution in [1.82, 2.24) is 79.7 Å². The van der Waals surface area contributed by atoms with E-state index in [0.29, 0.717) is 44.1 Å². The van der Waals surface area contributed by atoms with Crippen molar-refractivity contribution in [3.8, 4) is 0 Å². The fraction of sp³-hybridized carbons (Fsp3) is 0. The molecule has 0 unspecified atom stereocenters. The van der Waals surface area contributed by atoms with Crippen molar-refractivity contribution in [3.63, 3.8) is 0 Å². The average molecular weight is 1290 g/mol. The molecule has 20 rings (SSSR count). The highest BCUT2D eigenvalue weighted by Gasteiger charge is 2.31. The second-order valence-corrected chi connectivity index (χ2v) is 24.1. The van der Waals surface area contributed by atoms with Crippen molar-refractivity contribution in [2.24, 2.45) is 0 Å². The Hall–Kier alpha value is -14.4. The van der Waals surface area contributed by atoms with Gasteiger partial charge in [-0.3, -0.25) is 79.7 Å². The first-order valence-electron chi connectivity index (χ1n) is 32.2. The summed E-state index contributed by atoms with van der Waals surface area (Å²) < 4.78 is 0. The Morgan fingerprint density at radius 1 is 0.140 bits per heavy atom. The highest BCUT2D eigenvalue weighted by molar-refractivity contribution is 6.33. The molecule has 20 aromatic rings. The van der Waals surface area contributed by atoms with Crippen molar-refractivity contribution in [2.75, 3.05) is 19.6 Å². The number of hydrogen-bond acceptors (Lipinski definition) is 20. The number of rotatable bonds is 12. The molecular formula is C80H46N20. The number of nitrogens with zero attached hydrogens (tertiary/aromatic N) is 20. The molecule has 466 valence electrons. The number of hydrogen-bond donors (Lipinski definition) is 0. The van der Waals surface area contributed by atoms with Crippen LogP contribution in [0.2, 0.25) is 0 Å². The van der Waals surface area contributed by atoms with E-state index in [9.17, 15) is 0 Å². The van der Waals surface area contributed by atoms with Gasteiger partial charge in [0.05, 0.1) is 111 Å². The molecule has 0 aliphatic rings. The minimum Gasteiger partial charge on any atom is -0.310 e. The summed E-state index contributed by atoms with van der Waals surface area (Å²) in [5.74, 6) is 0. The molecule has 0 bridgehead atoms. The van der Waals surface area contributed by atoms with Crippen LogP contribution in [-0.4, -0.2) is 79.7 Å². The molecule has 0 atom stereocenters. The largest absolute Gasteiger partial charge is 0.310 e. The minimum atomic E-state index is 0.716. The Bertz CT molecular complexity index is 5600. The third-order valence-corrected chi connectivity index (χ3v) is 18.5. The van der Waals surface area contributed by atoms with E-state index in [1.54, 1.807) is 99.1 Å². The molecule has 0 fully saturated rings. The predicted molar refractivity (Wildman–Crippen MR) is 394 cm³/mol. The van der Waals surface area contributed by atoms with E-state index >= 15 is 0 Å². The lowest BCUT2D eigenvalue weighted by atomic mass is 9.89. The highest BCUT2D eigenvalue weighted by atomic mass is 15.2. The van der Waals surface area contributed by atoms with Crippen molar-refractivity contribution in [1.29, 1.82) is 0 Å².